The minimum atomic E-state index is -0.243. The third-order valence-corrected chi connectivity index (χ3v) is 4.64. The maximum absolute atomic E-state index is 11.7. The molecule has 0 unspecified atom stereocenters. The molecule has 0 aromatic heterocycles. The van der Waals surface area contributed by atoms with Crippen LogP contribution in [0.25, 0.3) is 0 Å². The van der Waals surface area contributed by atoms with Crippen LogP contribution in [0.15, 0.2) is 27.7 Å². The Labute approximate surface area is 179 Å². The number of amides is 1. The van der Waals surface area contributed by atoms with Crippen LogP contribution in [0, 0.1) is 0 Å². The number of halogens is 2. The summed E-state index contributed by atoms with van der Waals surface area (Å²) >= 11 is 3.46. The SMILES string of the molecule is CCOC(=O)N1CCC(NC(N)=NCc2ccc(OC)c(Br)c2)CC1.I. The standard InChI is InChI=1S/C17H25BrN4O3.HI/c1-3-25-17(23)22-8-6-13(7-9-22)21-16(19)20-11-12-4-5-15(24-2)14(18)10-12;/h4-5,10,13H,3,6-9,11H2,1-2H3,(H3,19,20,21);1H. The zero-order valence-corrected chi connectivity index (χ0v) is 19.0. The van der Waals surface area contributed by atoms with Crippen LogP contribution in [0.3, 0.4) is 0 Å². The van der Waals surface area contributed by atoms with Crippen molar-refractivity contribution in [2.24, 2.45) is 10.7 Å². The first-order chi connectivity index (χ1) is 12.0. The number of likely N-dealkylation sites (tertiary alicyclic amines) is 1. The number of benzene rings is 1. The summed E-state index contributed by atoms with van der Waals surface area (Å²) in [7, 11) is 1.63. The van der Waals surface area contributed by atoms with E-state index >= 15 is 0 Å². The fourth-order valence-electron chi connectivity index (χ4n) is 2.66. The summed E-state index contributed by atoms with van der Waals surface area (Å²) in [5, 5.41) is 3.23. The molecular weight excluding hydrogens is 515 g/mol. The summed E-state index contributed by atoms with van der Waals surface area (Å²) in [5.74, 6) is 1.20. The van der Waals surface area contributed by atoms with Crippen molar-refractivity contribution in [1.29, 1.82) is 0 Å². The molecule has 7 nitrogen and oxygen atoms in total. The minimum absolute atomic E-state index is 0. The molecule has 1 heterocycles. The number of piperidine rings is 1. The van der Waals surface area contributed by atoms with Crippen molar-refractivity contribution in [1.82, 2.24) is 10.2 Å². The monoisotopic (exact) mass is 540 g/mol. The minimum Gasteiger partial charge on any atom is -0.496 e. The largest absolute Gasteiger partial charge is 0.496 e. The number of nitrogens with two attached hydrogens (primary N) is 1. The quantitative estimate of drug-likeness (QED) is 0.340. The molecule has 0 atom stereocenters. The van der Waals surface area contributed by atoms with Gasteiger partial charge in [0.25, 0.3) is 0 Å². The van der Waals surface area contributed by atoms with E-state index in [1.165, 1.54) is 0 Å². The van der Waals surface area contributed by atoms with Crippen LogP contribution in [0.1, 0.15) is 25.3 Å². The fourth-order valence-corrected chi connectivity index (χ4v) is 3.25. The molecule has 1 aliphatic heterocycles. The van der Waals surface area contributed by atoms with E-state index in [0.29, 0.717) is 32.2 Å². The molecule has 0 bridgehead atoms. The number of carbonyl (C=O) groups is 1. The normalized spacial score (nSPS) is 15.2. The van der Waals surface area contributed by atoms with Gasteiger partial charge in [0.05, 0.1) is 24.7 Å². The van der Waals surface area contributed by atoms with E-state index in [1.54, 1.807) is 12.0 Å². The number of methoxy groups -OCH3 is 1. The van der Waals surface area contributed by atoms with Gasteiger partial charge in [-0.1, -0.05) is 6.07 Å². The number of nitrogens with one attached hydrogen (secondary N) is 1. The van der Waals surface area contributed by atoms with Crippen molar-refractivity contribution in [2.45, 2.75) is 32.4 Å². The molecule has 0 saturated carbocycles. The highest BCUT2D eigenvalue weighted by Crippen LogP contribution is 2.25. The zero-order valence-electron chi connectivity index (χ0n) is 15.0. The Hall–Kier alpha value is -1.23. The van der Waals surface area contributed by atoms with Gasteiger partial charge >= 0.3 is 6.09 Å². The van der Waals surface area contributed by atoms with Gasteiger partial charge in [-0.3, -0.25) is 0 Å². The Morgan fingerprint density at radius 3 is 2.69 bits per heavy atom. The summed E-state index contributed by atoms with van der Waals surface area (Å²) in [6.07, 6.45) is 1.40. The molecule has 2 rings (SSSR count). The molecule has 0 spiro atoms. The van der Waals surface area contributed by atoms with Gasteiger partial charge in [0.15, 0.2) is 5.96 Å². The molecule has 1 amide bonds. The summed E-state index contributed by atoms with van der Waals surface area (Å²) in [6.45, 7) is 4.02. The van der Waals surface area contributed by atoms with Crippen LogP contribution < -0.4 is 15.8 Å². The molecule has 1 aromatic carbocycles. The van der Waals surface area contributed by atoms with Crippen molar-refractivity contribution >= 4 is 52.0 Å². The first-order valence-electron chi connectivity index (χ1n) is 8.34. The maximum atomic E-state index is 11.7. The number of carbonyl (C=O) groups excluding carboxylic acids is 1. The first-order valence-corrected chi connectivity index (χ1v) is 9.13. The van der Waals surface area contributed by atoms with E-state index in [9.17, 15) is 4.79 Å². The van der Waals surface area contributed by atoms with Gasteiger partial charge in [0.1, 0.15) is 5.75 Å². The Morgan fingerprint density at radius 2 is 2.12 bits per heavy atom. The van der Waals surface area contributed by atoms with Crippen molar-refractivity contribution in [3.8, 4) is 5.75 Å². The van der Waals surface area contributed by atoms with E-state index in [1.807, 2.05) is 25.1 Å². The summed E-state index contributed by atoms with van der Waals surface area (Å²) in [6, 6.07) is 6.03. The van der Waals surface area contributed by atoms with Crippen LogP contribution in [0.4, 0.5) is 4.79 Å². The lowest BCUT2D eigenvalue weighted by atomic mass is 10.1. The maximum Gasteiger partial charge on any atom is 0.409 e. The Bertz CT molecular complexity index is 622. The molecular formula is C17H26BrIN4O3. The van der Waals surface area contributed by atoms with Gasteiger partial charge < -0.3 is 25.4 Å². The molecule has 0 aliphatic carbocycles. The average molecular weight is 541 g/mol. The molecule has 3 N–H and O–H groups in total. The average Bonchev–Trinajstić information content (AvgIpc) is 2.61. The Morgan fingerprint density at radius 1 is 1.42 bits per heavy atom. The van der Waals surface area contributed by atoms with E-state index in [0.717, 1.165) is 28.6 Å². The lowest BCUT2D eigenvalue weighted by Crippen LogP contribution is -2.48. The molecule has 1 aliphatic rings. The van der Waals surface area contributed by atoms with Crippen LogP contribution in [-0.2, 0) is 11.3 Å². The highest BCUT2D eigenvalue weighted by atomic mass is 127. The molecule has 26 heavy (non-hydrogen) atoms. The van der Waals surface area contributed by atoms with Crippen molar-refractivity contribution < 1.29 is 14.3 Å². The number of hydrogen-bond acceptors (Lipinski definition) is 4. The van der Waals surface area contributed by atoms with E-state index in [4.69, 9.17) is 15.2 Å². The van der Waals surface area contributed by atoms with Crippen LogP contribution in [-0.4, -0.2) is 49.8 Å². The molecule has 1 aromatic rings. The van der Waals surface area contributed by atoms with Crippen molar-refractivity contribution in [3.05, 3.63) is 28.2 Å². The van der Waals surface area contributed by atoms with Gasteiger partial charge in [0, 0.05) is 19.1 Å². The molecule has 146 valence electrons. The second-order valence-corrected chi connectivity index (χ2v) is 6.63. The molecule has 1 fully saturated rings. The number of guanidine groups is 1. The van der Waals surface area contributed by atoms with Gasteiger partial charge in [-0.15, -0.1) is 24.0 Å². The van der Waals surface area contributed by atoms with Crippen LogP contribution in [0.5, 0.6) is 5.75 Å². The van der Waals surface area contributed by atoms with Gasteiger partial charge in [0.2, 0.25) is 0 Å². The third kappa shape index (κ3) is 6.82. The summed E-state index contributed by atoms with van der Waals surface area (Å²) < 4.78 is 11.1. The zero-order chi connectivity index (χ0) is 18.2. The molecule has 1 saturated heterocycles. The highest BCUT2D eigenvalue weighted by Gasteiger charge is 2.23. The summed E-state index contributed by atoms with van der Waals surface area (Å²) in [5.41, 5.74) is 7.02. The fraction of sp³-hybridized carbons (Fsp3) is 0.529. The molecule has 9 heteroatoms. The number of aliphatic imine (C=N–C) groups is 1. The second-order valence-electron chi connectivity index (χ2n) is 5.77. The van der Waals surface area contributed by atoms with Crippen molar-refractivity contribution in [2.75, 3.05) is 26.8 Å². The molecule has 0 radical (unpaired) electrons. The second kappa shape index (κ2) is 11.5. The predicted octanol–water partition coefficient (Wildman–Crippen LogP) is 3.10. The van der Waals surface area contributed by atoms with Gasteiger partial charge in [-0.2, -0.15) is 0 Å². The Balaban J connectivity index is 0.00000338. The number of nitrogens with zero attached hydrogens (tertiary/aromatic N) is 2. The number of rotatable bonds is 5. The van der Waals surface area contributed by atoms with Gasteiger partial charge in [-0.05, 0) is 53.4 Å². The van der Waals surface area contributed by atoms with Gasteiger partial charge in [-0.25, -0.2) is 9.79 Å². The third-order valence-electron chi connectivity index (χ3n) is 4.02. The van der Waals surface area contributed by atoms with Crippen LogP contribution in [0.2, 0.25) is 0 Å². The number of hydrogen-bond donors (Lipinski definition) is 2. The highest BCUT2D eigenvalue weighted by molar-refractivity contribution is 14.0. The van der Waals surface area contributed by atoms with Crippen molar-refractivity contribution in [3.63, 3.8) is 0 Å². The Kier molecular flexibility index (Phi) is 10.1. The topological polar surface area (TPSA) is 89.2 Å². The lowest BCUT2D eigenvalue weighted by Gasteiger charge is -2.31. The smallest absolute Gasteiger partial charge is 0.409 e. The first kappa shape index (κ1) is 22.8. The van der Waals surface area contributed by atoms with E-state index in [-0.39, 0.29) is 36.1 Å². The van der Waals surface area contributed by atoms with E-state index in [2.05, 4.69) is 26.2 Å². The summed E-state index contributed by atoms with van der Waals surface area (Å²) in [4.78, 5) is 17.8. The van der Waals surface area contributed by atoms with Crippen LogP contribution >= 0.6 is 39.9 Å². The lowest BCUT2D eigenvalue weighted by molar-refractivity contribution is 0.0963. The van der Waals surface area contributed by atoms with E-state index < -0.39 is 0 Å². The number of ether oxygens (including phenoxy) is 2. The predicted molar refractivity (Wildman–Crippen MR) is 116 cm³/mol.